The van der Waals surface area contributed by atoms with Crippen molar-refractivity contribution in [3.05, 3.63) is 24.8 Å². The predicted molar refractivity (Wildman–Crippen MR) is 71.0 cm³/mol. The molecule has 0 radical (unpaired) electrons. The quantitative estimate of drug-likeness (QED) is 0.559. The zero-order chi connectivity index (χ0) is 13.6. The average molecular weight is 250 g/mol. The summed E-state index contributed by atoms with van der Waals surface area (Å²) in [4.78, 5) is 23.8. The Labute approximate surface area is 109 Å². The molecular weight excluding hydrogens is 228 g/mol. The Morgan fingerprint density at radius 3 is 2.78 bits per heavy atom. The van der Waals surface area contributed by atoms with Gasteiger partial charge in [0.15, 0.2) is 0 Å². The lowest BCUT2D eigenvalue weighted by atomic mass is 9.80. The Morgan fingerprint density at radius 1 is 1.39 bits per heavy atom. The first kappa shape index (κ1) is 14.7. The van der Waals surface area contributed by atoms with E-state index < -0.39 is 0 Å². The number of allylic oxidation sites excluding steroid dienone is 2. The Bertz CT molecular complexity index is 353. The molecule has 18 heavy (non-hydrogen) atoms. The van der Waals surface area contributed by atoms with Crippen LogP contribution in [-0.4, -0.2) is 18.4 Å². The van der Waals surface area contributed by atoms with E-state index >= 15 is 0 Å². The minimum Gasteiger partial charge on any atom is -0.461 e. The first-order valence-electron chi connectivity index (χ1n) is 6.39. The number of esters is 1. The van der Waals surface area contributed by atoms with Gasteiger partial charge in [-0.3, -0.25) is 9.59 Å². The van der Waals surface area contributed by atoms with E-state index in [1.165, 1.54) is 0 Å². The van der Waals surface area contributed by atoms with E-state index in [2.05, 4.69) is 6.58 Å². The van der Waals surface area contributed by atoms with E-state index in [1.807, 2.05) is 19.9 Å². The highest BCUT2D eigenvalue weighted by atomic mass is 16.5. The molecule has 1 aliphatic heterocycles. The van der Waals surface area contributed by atoms with E-state index in [4.69, 9.17) is 4.74 Å². The summed E-state index contributed by atoms with van der Waals surface area (Å²) in [5.74, 6) is -0.0508. The van der Waals surface area contributed by atoms with E-state index in [1.54, 1.807) is 12.2 Å². The van der Waals surface area contributed by atoms with Crippen molar-refractivity contribution < 1.29 is 14.3 Å². The number of hydrogen-bond donors (Lipinski definition) is 0. The van der Waals surface area contributed by atoms with Crippen LogP contribution in [0.4, 0.5) is 0 Å². The van der Waals surface area contributed by atoms with Crippen LogP contribution in [0.2, 0.25) is 0 Å². The van der Waals surface area contributed by atoms with Crippen molar-refractivity contribution in [1.29, 1.82) is 0 Å². The Kier molecular flexibility index (Phi) is 5.32. The van der Waals surface area contributed by atoms with Gasteiger partial charge in [-0.15, -0.1) is 6.58 Å². The van der Waals surface area contributed by atoms with Gasteiger partial charge in [-0.05, 0) is 18.3 Å². The molecular formula is C15H22O3. The van der Waals surface area contributed by atoms with E-state index in [0.717, 1.165) is 0 Å². The molecule has 0 aliphatic carbocycles. The number of ether oxygens (including phenoxy) is 1. The fourth-order valence-corrected chi connectivity index (χ4v) is 2.15. The molecule has 1 rings (SSSR count). The van der Waals surface area contributed by atoms with Crippen molar-refractivity contribution in [3.8, 4) is 0 Å². The van der Waals surface area contributed by atoms with Gasteiger partial charge in [-0.25, -0.2) is 0 Å². The molecule has 1 aliphatic rings. The second-order valence-corrected chi connectivity index (χ2v) is 5.60. The standard InChI is InChI=1S/C15H22O3/c1-4-7-12-8-5-6-9-18-14(17)11-15(2,3)10-13(12)16/h4-6,12H,1,7-11H2,2-3H3. The molecule has 0 aromatic heterocycles. The van der Waals surface area contributed by atoms with Gasteiger partial charge in [0.25, 0.3) is 0 Å². The monoisotopic (exact) mass is 250 g/mol. The summed E-state index contributed by atoms with van der Waals surface area (Å²) in [6, 6.07) is 0. The van der Waals surface area contributed by atoms with Gasteiger partial charge in [-0.2, -0.15) is 0 Å². The molecule has 100 valence electrons. The molecule has 1 atom stereocenters. The third kappa shape index (κ3) is 4.86. The molecule has 0 saturated carbocycles. The lowest BCUT2D eigenvalue weighted by Gasteiger charge is -2.24. The lowest BCUT2D eigenvalue weighted by molar-refractivity contribution is -0.145. The molecule has 1 heterocycles. The smallest absolute Gasteiger partial charge is 0.306 e. The van der Waals surface area contributed by atoms with Crippen LogP contribution in [0, 0.1) is 11.3 Å². The van der Waals surface area contributed by atoms with Gasteiger partial charge in [0.2, 0.25) is 0 Å². The number of carbonyl (C=O) groups excluding carboxylic acids is 2. The molecule has 0 aromatic rings. The van der Waals surface area contributed by atoms with Gasteiger partial charge in [0.1, 0.15) is 12.4 Å². The van der Waals surface area contributed by atoms with Crippen LogP contribution in [0.5, 0.6) is 0 Å². The van der Waals surface area contributed by atoms with Crippen LogP contribution in [-0.2, 0) is 14.3 Å². The van der Waals surface area contributed by atoms with Gasteiger partial charge < -0.3 is 4.74 Å². The van der Waals surface area contributed by atoms with E-state index in [9.17, 15) is 9.59 Å². The number of carbonyl (C=O) groups is 2. The Balaban J connectivity index is 2.82. The zero-order valence-corrected chi connectivity index (χ0v) is 11.3. The van der Waals surface area contributed by atoms with Gasteiger partial charge in [-0.1, -0.05) is 32.1 Å². The number of cyclic esters (lactones) is 1. The molecule has 0 aromatic carbocycles. The zero-order valence-electron chi connectivity index (χ0n) is 11.3. The van der Waals surface area contributed by atoms with Crippen molar-refractivity contribution in [2.24, 2.45) is 11.3 Å². The average Bonchev–Trinajstić information content (AvgIpc) is 2.26. The Morgan fingerprint density at radius 2 is 2.11 bits per heavy atom. The lowest BCUT2D eigenvalue weighted by Crippen LogP contribution is -2.25. The number of rotatable bonds is 2. The van der Waals surface area contributed by atoms with Gasteiger partial charge >= 0.3 is 5.97 Å². The number of ketones is 1. The van der Waals surface area contributed by atoms with Crippen molar-refractivity contribution in [3.63, 3.8) is 0 Å². The van der Waals surface area contributed by atoms with Crippen molar-refractivity contribution in [2.75, 3.05) is 6.61 Å². The van der Waals surface area contributed by atoms with Crippen LogP contribution in [0.3, 0.4) is 0 Å². The third-order valence-corrected chi connectivity index (χ3v) is 3.11. The van der Waals surface area contributed by atoms with Gasteiger partial charge in [0.05, 0.1) is 6.42 Å². The maximum Gasteiger partial charge on any atom is 0.306 e. The second-order valence-electron chi connectivity index (χ2n) is 5.60. The molecule has 1 unspecified atom stereocenters. The molecule has 0 N–H and O–H groups in total. The highest BCUT2D eigenvalue weighted by molar-refractivity contribution is 5.83. The molecule has 0 spiro atoms. The van der Waals surface area contributed by atoms with Crippen molar-refractivity contribution in [1.82, 2.24) is 0 Å². The summed E-state index contributed by atoms with van der Waals surface area (Å²) < 4.78 is 5.08. The van der Waals surface area contributed by atoms with Crippen LogP contribution in [0.25, 0.3) is 0 Å². The summed E-state index contributed by atoms with van der Waals surface area (Å²) in [6.07, 6.45) is 7.58. The van der Waals surface area contributed by atoms with Crippen LogP contribution >= 0.6 is 0 Å². The SMILES string of the molecule is C=CCC1CC=CCOC(=O)CC(C)(C)CC1=O. The number of Topliss-reactive ketones (excluding diaryl/α,β-unsaturated/α-hetero) is 1. The molecule has 0 fully saturated rings. The summed E-state index contributed by atoms with van der Waals surface area (Å²) in [6.45, 7) is 7.86. The van der Waals surface area contributed by atoms with Crippen molar-refractivity contribution in [2.45, 2.75) is 39.5 Å². The van der Waals surface area contributed by atoms with Crippen molar-refractivity contribution >= 4 is 11.8 Å². The highest BCUT2D eigenvalue weighted by Gasteiger charge is 2.29. The molecule has 3 nitrogen and oxygen atoms in total. The predicted octanol–water partition coefficient (Wildman–Crippen LogP) is 3.06. The molecule has 0 amide bonds. The first-order valence-corrected chi connectivity index (χ1v) is 6.39. The molecule has 0 bridgehead atoms. The maximum atomic E-state index is 12.2. The summed E-state index contributed by atoms with van der Waals surface area (Å²) in [5.41, 5.74) is -0.335. The fraction of sp³-hybridized carbons (Fsp3) is 0.600. The highest BCUT2D eigenvalue weighted by Crippen LogP contribution is 2.29. The topological polar surface area (TPSA) is 43.4 Å². The fourth-order valence-electron chi connectivity index (χ4n) is 2.15. The van der Waals surface area contributed by atoms with Crippen LogP contribution < -0.4 is 0 Å². The minimum absolute atomic E-state index is 0.0220. The van der Waals surface area contributed by atoms with E-state index in [0.29, 0.717) is 25.9 Å². The van der Waals surface area contributed by atoms with Crippen LogP contribution in [0.15, 0.2) is 24.8 Å². The maximum absolute atomic E-state index is 12.2. The normalized spacial score (nSPS) is 25.1. The summed E-state index contributed by atoms with van der Waals surface area (Å²) in [5, 5.41) is 0. The summed E-state index contributed by atoms with van der Waals surface area (Å²) in [7, 11) is 0. The molecule has 3 heteroatoms. The minimum atomic E-state index is -0.335. The first-order chi connectivity index (χ1) is 8.44. The van der Waals surface area contributed by atoms with Gasteiger partial charge in [0, 0.05) is 12.3 Å². The number of hydrogen-bond acceptors (Lipinski definition) is 3. The molecule has 0 saturated heterocycles. The largest absolute Gasteiger partial charge is 0.461 e. The summed E-state index contributed by atoms with van der Waals surface area (Å²) >= 11 is 0. The second kappa shape index (κ2) is 6.53. The Hall–Kier alpha value is -1.38. The van der Waals surface area contributed by atoms with Crippen LogP contribution in [0.1, 0.15) is 39.5 Å². The third-order valence-electron chi connectivity index (χ3n) is 3.11. The van der Waals surface area contributed by atoms with E-state index in [-0.39, 0.29) is 29.5 Å².